The van der Waals surface area contributed by atoms with Crippen LogP contribution in [0.4, 0.5) is 17.1 Å². The first-order valence-electron chi connectivity index (χ1n) is 8.00. The molecule has 0 atom stereocenters. The van der Waals surface area contributed by atoms with E-state index in [1.807, 2.05) is 13.1 Å². The standard InChI is InChI=1S/C19H24N2/c1-20-19-13-12-17(21-16-10-6-3-7-11-16)14-18(19)15-8-4-2-5-9-15/h3,6-7,10-15,20-21H,2,4-5,8-9H2,1H3. The summed E-state index contributed by atoms with van der Waals surface area (Å²) < 4.78 is 0. The summed E-state index contributed by atoms with van der Waals surface area (Å²) >= 11 is 0. The third kappa shape index (κ3) is 3.38. The molecule has 0 aromatic heterocycles. The smallest absolute Gasteiger partial charge is 0.0388 e. The molecule has 0 radical (unpaired) electrons. The van der Waals surface area contributed by atoms with Gasteiger partial charge in [0.05, 0.1) is 0 Å². The van der Waals surface area contributed by atoms with Gasteiger partial charge in [0.25, 0.3) is 0 Å². The fourth-order valence-corrected chi connectivity index (χ4v) is 3.31. The summed E-state index contributed by atoms with van der Waals surface area (Å²) in [4.78, 5) is 0. The second kappa shape index (κ2) is 6.66. The van der Waals surface area contributed by atoms with E-state index in [1.165, 1.54) is 49.0 Å². The molecule has 1 fully saturated rings. The van der Waals surface area contributed by atoms with Gasteiger partial charge >= 0.3 is 0 Å². The molecule has 0 bridgehead atoms. The fourth-order valence-electron chi connectivity index (χ4n) is 3.31. The molecule has 0 unspecified atom stereocenters. The Bertz CT molecular complexity index is 571. The molecular formula is C19H24N2. The number of para-hydroxylation sites is 1. The lowest BCUT2D eigenvalue weighted by atomic mass is 9.83. The molecule has 1 saturated carbocycles. The van der Waals surface area contributed by atoms with Crippen LogP contribution in [-0.2, 0) is 0 Å². The van der Waals surface area contributed by atoms with Gasteiger partial charge in [0, 0.05) is 24.1 Å². The third-order valence-corrected chi connectivity index (χ3v) is 4.43. The predicted octanol–water partition coefficient (Wildman–Crippen LogP) is 5.52. The topological polar surface area (TPSA) is 24.1 Å². The SMILES string of the molecule is CNc1ccc(Nc2ccccc2)cc1C1CCCCC1. The van der Waals surface area contributed by atoms with Crippen molar-refractivity contribution in [2.75, 3.05) is 17.7 Å². The number of nitrogens with one attached hydrogen (secondary N) is 2. The van der Waals surface area contributed by atoms with Crippen molar-refractivity contribution in [1.82, 2.24) is 0 Å². The number of hydrogen-bond acceptors (Lipinski definition) is 2. The van der Waals surface area contributed by atoms with Crippen LogP contribution >= 0.6 is 0 Å². The Hall–Kier alpha value is -1.96. The Morgan fingerprint density at radius 3 is 2.33 bits per heavy atom. The lowest BCUT2D eigenvalue weighted by Crippen LogP contribution is -2.08. The molecule has 0 amide bonds. The van der Waals surface area contributed by atoms with Crippen LogP contribution in [0.2, 0.25) is 0 Å². The fraction of sp³-hybridized carbons (Fsp3) is 0.368. The highest BCUT2D eigenvalue weighted by molar-refractivity contribution is 5.66. The molecule has 3 rings (SSSR count). The van der Waals surface area contributed by atoms with Gasteiger partial charge in [-0.05, 0) is 54.7 Å². The first-order valence-corrected chi connectivity index (χ1v) is 8.00. The summed E-state index contributed by atoms with van der Waals surface area (Å²) in [6.45, 7) is 0. The Kier molecular flexibility index (Phi) is 4.44. The molecule has 2 nitrogen and oxygen atoms in total. The van der Waals surface area contributed by atoms with Gasteiger partial charge in [0.2, 0.25) is 0 Å². The minimum absolute atomic E-state index is 0.707. The largest absolute Gasteiger partial charge is 0.388 e. The van der Waals surface area contributed by atoms with Crippen molar-refractivity contribution >= 4 is 17.1 Å². The van der Waals surface area contributed by atoms with Crippen LogP contribution in [0.3, 0.4) is 0 Å². The third-order valence-electron chi connectivity index (χ3n) is 4.43. The van der Waals surface area contributed by atoms with Gasteiger partial charge in [-0.2, -0.15) is 0 Å². The van der Waals surface area contributed by atoms with Crippen LogP contribution in [0, 0.1) is 0 Å². The number of benzene rings is 2. The molecule has 0 heterocycles. The van der Waals surface area contributed by atoms with Crippen molar-refractivity contribution in [3.63, 3.8) is 0 Å². The van der Waals surface area contributed by atoms with Crippen LogP contribution in [0.25, 0.3) is 0 Å². The van der Waals surface area contributed by atoms with Crippen LogP contribution in [0.15, 0.2) is 48.5 Å². The number of hydrogen-bond donors (Lipinski definition) is 2. The summed E-state index contributed by atoms with van der Waals surface area (Å²) in [5.74, 6) is 0.707. The van der Waals surface area contributed by atoms with E-state index in [0.717, 1.165) is 5.69 Å². The maximum Gasteiger partial charge on any atom is 0.0388 e. The Labute approximate surface area is 127 Å². The molecule has 21 heavy (non-hydrogen) atoms. The average molecular weight is 280 g/mol. The van der Waals surface area contributed by atoms with Gasteiger partial charge in [-0.1, -0.05) is 37.5 Å². The second-order valence-electron chi connectivity index (χ2n) is 5.88. The van der Waals surface area contributed by atoms with Crippen molar-refractivity contribution in [1.29, 1.82) is 0 Å². The molecule has 0 saturated heterocycles. The van der Waals surface area contributed by atoms with Crippen molar-refractivity contribution < 1.29 is 0 Å². The predicted molar refractivity (Wildman–Crippen MR) is 91.5 cm³/mol. The molecule has 2 heteroatoms. The average Bonchev–Trinajstić information content (AvgIpc) is 2.56. The molecule has 2 aromatic rings. The molecule has 1 aliphatic rings. The van der Waals surface area contributed by atoms with Gasteiger partial charge in [-0.15, -0.1) is 0 Å². The zero-order chi connectivity index (χ0) is 14.5. The highest BCUT2D eigenvalue weighted by Gasteiger charge is 2.18. The Morgan fingerprint density at radius 2 is 1.62 bits per heavy atom. The molecular weight excluding hydrogens is 256 g/mol. The Balaban J connectivity index is 1.85. The van der Waals surface area contributed by atoms with Crippen molar-refractivity contribution in [2.24, 2.45) is 0 Å². The zero-order valence-corrected chi connectivity index (χ0v) is 12.7. The van der Waals surface area contributed by atoms with E-state index in [-0.39, 0.29) is 0 Å². The molecule has 0 spiro atoms. The van der Waals surface area contributed by atoms with Crippen molar-refractivity contribution in [3.8, 4) is 0 Å². The summed E-state index contributed by atoms with van der Waals surface area (Å²) in [6, 6.07) is 17.1. The quantitative estimate of drug-likeness (QED) is 0.770. The van der Waals surface area contributed by atoms with Gasteiger partial charge in [-0.25, -0.2) is 0 Å². The first-order chi connectivity index (χ1) is 10.4. The summed E-state index contributed by atoms with van der Waals surface area (Å²) in [5, 5.41) is 6.86. The van der Waals surface area contributed by atoms with E-state index in [0.29, 0.717) is 5.92 Å². The van der Waals surface area contributed by atoms with Gasteiger partial charge in [0.1, 0.15) is 0 Å². The monoisotopic (exact) mass is 280 g/mol. The van der Waals surface area contributed by atoms with Crippen LogP contribution in [0.1, 0.15) is 43.6 Å². The van der Waals surface area contributed by atoms with Gasteiger partial charge in [0.15, 0.2) is 0 Å². The maximum absolute atomic E-state index is 3.51. The molecule has 1 aliphatic carbocycles. The minimum atomic E-state index is 0.707. The minimum Gasteiger partial charge on any atom is -0.388 e. The maximum atomic E-state index is 3.51. The van der Waals surface area contributed by atoms with Crippen molar-refractivity contribution in [2.45, 2.75) is 38.0 Å². The number of anilines is 3. The molecule has 2 aromatic carbocycles. The zero-order valence-electron chi connectivity index (χ0n) is 12.7. The molecule has 2 N–H and O–H groups in total. The lowest BCUT2D eigenvalue weighted by Gasteiger charge is -2.25. The highest BCUT2D eigenvalue weighted by Crippen LogP contribution is 2.38. The van der Waals surface area contributed by atoms with Crippen LogP contribution < -0.4 is 10.6 Å². The van der Waals surface area contributed by atoms with E-state index in [2.05, 4.69) is 53.1 Å². The Morgan fingerprint density at radius 1 is 0.857 bits per heavy atom. The normalized spacial score (nSPS) is 15.7. The number of rotatable bonds is 4. The van der Waals surface area contributed by atoms with Gasteiger partial charge in [-0.3, -0.25) is 0 Å². The summed E-state index contributed by atoms with van der Waals surface area (Å²) in [7, 11) is 2.02. The van der Waals surface area contributed by atoms with E-state index in [1.54, 1.807) is 0 Å². The first kappa shape index (κ1) is 14.0. The lowest BCUT2D eigenvalue weighted by molar-refractivity contribution is 0.444. The second-order valence-corrected chi connectivity index (χ2v) is 5.88. The van der Waals surface area contributed by atoms with Crippen LogP contribution in [0.5, 0.6) is 0 Å². The van der Waals surface area contributed by atoms with E-state index in [4.69, 9.17) is 0 Å². The van der Waals surface area contributed by atoms with Crippen molar-refractivity contribution in [3.05, 3.63) is 54.1 Å². The van der Waals surface area contributed by atoms with E-state index in [9.17, 15) is 0 Å². The molecule has 110 valence electrons. The van der Waals surface area contributed by atoms with Gasteiger partial charge < -0.3 is 10.6 Å². The summed E-state index contributed by atoms with van der Waals surface area (Å²) in [5.41, 5.74) is 5.07. The molecule has 0 aliphatic heterocycles. The summed E-state index contributed by atoms with van der Waals surface area (Å²) in [6.07, 6.45) is 6.77. The highest BCUT2D eigenvalue weighted by atomic mass is 14.9. The van der Waals surface area contributed by atoms with E-state index >= 15 is 0 Å². The van der Waals surface area contributed by atoms with Crippen LogP contribution in [-0.4, -0.2) is 7.05 Å². The van der Waals surface area contributed by atoms with E-state index < -0.39 is 0 Å².